The average Bonchev–Trinajstić information content (AvgIpc) is 2.88. The largest absolute Gasteiger partial charge is 0.468 e. The molecule has 0 N–H and O–H groups in total. The van der Waals surface area contributed by atoms with Gasteiger partial charge in [0.1, 0.15) is 12.1 Å². The molecule has 120 valence electrons. The number of ether oxygens (including phenoxy) is 1. The number of rotatable bonds is 5. The highest BCUT2D eigenvalue weighted by atomic mass is 28.4. The summed E-state index contributed by atoms with van der Waals surface area (Å²) in [6.07, 6.45) is 1.71. The minimum atomic E-state index is -1.78. The zero-order valence-corrected chi connectivity index (χ0v) is 15.3. The molecule has 0 fully saturated rings. The van der Waals surface area contributed by atoms with Crippen molar-refractivity contribution in [1.82, 2.24) is 0 Å². The van der Waals surface area contributed by atoms with Crippen LogP contribution in [0.3, 0.4) is 0 Å². The lowest BCUT2D eigenvalue weighted by Crippen LogP contribution is -2.43. The molecule has 1 aromatic rings. The van der Waals surface area contributed by atoms with E-state index < -0.39 is 8.32 Å². The summed E-state index contributed by atoms with van der Waals surface area (Å²) in [4.78, 5) is 4.72. The van der Waals surface area contributed by atoms with Crippen LogP contribution in [0.4, 0.5) is 0 Å². The van der Waals surface area contributed by atoms with Crippen molar-refractivity contribution in [2.75, 3.05) is 6.61 Å². The molecule has 0 bridgehead atoms. The number of benzene rings is 1. The number of aliphatic imine (C=N–C) groups is 1. The Hall–Kier alpha value is -1.39. The first-order chi connectivity index (χ1) is 10.2. The molecule has 0 unspecified atom stereocenters. The molecular weight excluding hydrogens is 290 g/mol. The SMILES string of the molecule is C=C[C@@H]1OC(c2ccccc2)=N[C@H]1CO[Si](C)(C)C(C)(C)C. The highest BCUT2D eigenvalue weighted by Crippen LogP contribution is 2.37. The van der Waals surface area contributed by atoms with Crippen LogP contribution in [0.15, 0.2) is 48.0 Å². The fraction of sp³-hybridized carbons (Fsp3) is 0.500. The molecule has 1 aliphatic rings. The van der Waals surface area contributed by atoms with Gasteiger partial charge in [-0.1, -0.05) is 45.5 Å². The van der Waals surface area contributed by atoms with E-state index in [-0.39, 0.29) is 17.2 Å². The van der Waals surface area contributed by atoms with Gasteiger partial charge in [-0.05, 0) is 36.3 Å². The van der Waals surface area contributed by atoms with Crippen LogP contribution in [0, 0.1) is 0 Å². The molecule has 0 radical (unpaired) electrons. The summed E-state index contributed by atoms with van der Waals surface area (Å²) in [5.74, 6) is 0.689. The molecule has 2 atom stereocenters. The number of nitrogens with zero attached hydrogens (tertiary/aromatic N) is 1. The maximum Gasteiger partial charge on any atom is 0.217 e. The molecule has 4 heteroatoms. The zero-order chi connectivity index (χ0) is 16.4. The average molecular weight is 318 g/mol. The molecule has 22 heavy (non-hydrogen) atoms. The highest BCUT2D eigenvalue weighted by molar-refractivity contribution is 6.74. The number of hydrogen-bond acceptors (Lipinski definition) is 3. The molecular formula is C18H27NO2Si. The van der Waals surface area contributed by atoms with Crippen molar-refractivity contribution < 1.29 is 9.16 Å². The predicted octanol–water partition coefficient (Wildman–Crippen LogP) is 4.41. The lowest BCUT2D eigenvalue weighted by Gasteiger charge is -2.36. The van der Waals surface area contributed by atoms with E-state index in [4.69, 9.17) is 14.2 Å². The summed E-state index contributed by atoms with van der Waals surface area (Å²) in [7, 11) is -1.78. The van der Waals surface area contributed by atoms with Crippen molar-refractivity contribution in [3.05, 3.63) is 48.6 Å². The monoisotopic (exact) mass is 317 g/mol. The second-order valence-corrected chi connectivity index (χ2v) is 12.1. The van der Waals surface area contributed by atoms with Crippen LogP contribution in [0.2, 0.25) is 18.1 Å². The standard InChI is InChI=1S/C18H27NO2Si/c1-7-16-15(13-20-22(5,6)18(2,3)4)19-17(21-16)14-11-9-8-10-12-14/h7-12,15-16H,1,13H2,2-6H3/t15-,16-/m0/s1. The van der Waals surface area contributed by atoms with Crippen LogP contribution >= 0.6 is 0 Å². The van der Waals surface area contributed by atoms with Crippen LogP contribution in [0.1, 0.15) is 26.3 Å². The molecule has 2 rings (SSSR count). The molecule has 1 aromatic carbocycles. The van der Waals surface area contributed by atoms with E-state index in [1.165, 1.54) is 0 Å². The smallest absolute Gasteiger partial charge is 0.217 e. The van der Waals surface area contributed by atoms with Crippen molar-refractivity contribution in [3.8, 4) is 0 Å². The van der Waals surface area contributed by atoms with Crippen LogP contribution in [-0.4, -0.2) is 33.0 Å². The first kappa shape index (κ1) is 17.0. The second-order valence-electron chi connectivity index (χ2n) is 7.26. The van der Waals surface area contributed by atoms with E-state index in [0.29, 0.717) is 12.5 Å². The van der Waals surface area contributed by atoms with E-state index >= 15 is 0 Å². The lowest BCUT2D eigenvalue weighted by molar-refractivity contribution is 0.186. The van der Waals surface area contributed by atoms with Crippen molar-refractivity contribution in [3.63, 3.8) is 0 Å². The van der Waals surface area contributed by atoms with Crippen molar-refractivity contribution >= 4 is 14.2 Å². The zero-order valence-electron chi connectivity index (χ0n) is 14.3. The summed E-state index contributed by atoms with van der Waals surface area (Å²) in [6, 6.07) is 9.98. The summed E-state index contributed by atoms with van der Waals surface area (Å²) in [5, 5.41) is 0.197. The Labute approximate surface area is 135 Å². The van der Waals surface area contributed by atoms with Crippen LogP contribution in [0.5, 0.6) is 0 Å². The van der Waals surface area contributed by atoms with Gasteiger partial charge in [0, 0.05) is 5.56 Å². The van der Waals surface area contributed by atoms with Gasteiger partial charge in [0.15, 0.2) is 8.32 Å². The summed E-state index contributed by atoms with van der Waals surface area (Å²) in [5.41, 5.74) is 1.00. The summed E-state index contributed by atoms with van der Waals surface area (Å²) >= 11 is 0. The predicted molar refractivity (Wildman–Crippen MR) is 95.0 cm³/mol. The third-order valence-corrected chi connectivity index (χ3v) is 9.08. The van der Waals surface area contributed by atoms with Gasteiger partial charge in [0.2, 0.25) is 5.90 Å². The van der Waals surface area contributed by atoms with Gasteiger partial charge in [0.05, 0.1) is 6.61 Å². The first-order valence-electron chi connectivity index (χ1n) is 7.81. The minimum Gasteiger partial charge on any atom is -0.468 e. The van der Waals surface area contributed by atoms with Crippen LogP contribution in [-0.2, 0) is 9.16 Å². The molecule has 0 saturated carbocycles. The van der Waals surface area contributed by atoms with E-state index in [1.54, 1.807) is 0 Å². The van der Waals surface area contributed by atoms with Gasteiger partial charge < -0.3 is 9.16 Å². The van der Waals surface area contributed by atoms with E-state index in [1.807, 2.05) is 36.4 Å². The second kappa shape index (κ2) is 6.38. The normalized spacial score (nSPS) is 22.1. The Morgan fingerprint density at radius 3 is 2.45 bits per heavy atom. The molecule has 0 amide bonds. The van der Waals surface area contributed by atoms with Crippen LogP contribution < -0.4 is 0 Å². The van der Waals surface area contributed by atoms with Gasteiger partial charge in [-0.2, -0.15) is 0 Å². The molecule has 0 aromatic heterocycles. The van der Waals surface area contributed by atoms with Gasteiger partial charge in [-0.25, -0.2) is 4.99 Å². The fourth-order valence-corrected chi connectivity index (χ4v) is 3.05. The van der Waals surface area contributed by atoms with Crippen molar-refractivity contribution in [1.29, 1.82) is 0 Å². The Balaban J connectivity index is 2.09. The topological polar surface area (TPSA) is 30.8 Å². The Morgan fingerprint density at radius 1 is 1.27 bits per heavy atom. The number of hydrogen-bond donors (Lipinski definition) is 0. The first-order valence-corrected chi connectivity index (χ1v) is 10.7. The van der Waals surface area contributed by atoms with Gasteiger partial charge in [-0.15, -0.1) is 0 Å². The van der Waals surface area contributed by atoms with Crippen molar-refractivity contribution in [2.45, 2.75) is 51.0 Å². The fourth-order valence-electron chi connectivity index (χ4n) is 2.03. The molecule has 0 aliphatic carbocycles. The highest BCUT2D eigenvalue weighted by Gasteiger charge is 2.39. The Kier molecular flexibility index (Phi) is 4.92. The molecule has 0 saturated heterocycles. The third kappa shape index (κ3) is 3.68. The lowest BCUT2D eigenvalue weighted by atomic mass is 10.2. The summed E-state index contributed by atoms with van der Waals surface area (Å²) < 4.78 is 12.2. The van der Waals surface area contributed by atoms with E-state index in [2.05, 4.69) is 40.4 Å². The third-order valence-electron chi connectivity index (χ3n) is 4.58. The maximum atomic E-state index is 6.30. The molecule has 3 nitrogen and oxygen atoms in total. The quantitative estimate of drug-likeness (QED) is 0.595. The molecule has 0 spiro atoms. The van der Waals surface area contributed by atoms with E-state index in [0.717, 1.165) is 5.56 Å². The Morgan fingerprint density at radius 2 is 1.91 bits per heavy atom. The van der Waals surface area contributed by atoms with Gasteiger partial charge >= 0.3 is 0 Å². The molecule has 1 heterocycles. The molecule has 1 aliphatic heterocycles. The summed E-state index contributed by atoms with van der Waals surface area (Å²) in [6.45, 7) is 15.7. The maximum absolute atomic E-state index is 6.30. The van der Waals surface area contributed by atoms with Gasteiger partial charge in [-0.3, -0.25) is 0 Å². The van der Waals surface area contributed by atoms with Crippen molar-refractivity contribution in [2.24, 2.45) is 4.99 Å². The Bertz CT molecular complexity index is 546. The minimum absolute atomic E-state index is 0.0122. The van der Waals surface area contributed by atoms with Crippen LogP contribution in [0.25, 0.3) is 0 Å². The van der Waals surface area contributed by atoms with E-state index in [9.17, 15) is 0 Å². The van der Waals surface area contributed by atoms with Gasteiger partial charge in [0.25, 0.3) is 0 Å².